The molecule has 2 aromatic carbocycles. The monoisotopic (exact) mass is 493 g/mol. The van der Waals surface area contributed by atoms with Crippen LogP contribution in [-0.2, 0) is 11.3 Å². The van der Waals surface area contributed by atoms with Crippen molar-refractivity contribution in [3.8, 4) is 11.3 Å². The second kappa shape index (κ2) is 10.1. The second-order valence-electron chi connectivity index (χ2n) is 7.33. The smallest absolute Gasteiger partial charge is 0.335 e. The lowest BCUT2D eigenvalue weighted by Gasteiger charge is -2.13. The zero-order valence-corrected chi connectivity index (χ0v) is 19.5. The van der Waals surface area contributed by atoms with Gasteiger partial charge in [-0.15, -0.1) is 0 Å². The first-order chi connectivity index (χ1) is 16.4. The zero-order chi connectivity index (χ0) is 24.2. The van der Waals surface area contributed by atoms with Crippen LogP contribution < -0.4 is 0 Å². The fourth-order valence-electron chi connectivity index (χ4n) is 3.59. The van der Waals surface area contributed by atoms with E-state index in [4.69, 9.17) is 23.2 Å². The Morgan fingerprint density at radius 2 is 1.97 bits per heavy atom. The van der Waals surface area contributed by atoms with Gasteiger partial charge in [0.1, 0.15) is 5.82 Å². The molecule has 0 bridgehead atoms. The van der Waals surface area contributed by atoms with E-state index in [2.05, 4.69) is 15.0 Å². The molecule has 0 amide bonds. The number of aromatic nitrogens is 1. The molecule has 1 aromatic heterocycles. The van der Waals surface area contributed by atoms with E-state index < -0.39 is 11.8 Å². The standard InChI is InChI=1S/C26H18Cl2FN3O2/c1-2-4-15(26(33)34)11-12-30-22-10-7-16-14-31-25(23-20(28)5-3-6-21(23)29)19-13-17(27)8-9-18(19)24(16)32-22/h2-13H,14H2,1H3,(H,33,34)/b4-2-,15-11+,30-12?. The molecule has 5 nitrogen and oxygen atoms in total. The lowest BCUT2D eigenvalue weighted by atomic mass is 9.95. The first kappa shape index (κ1) is 23.5. The molecule has 0 radical (unpaired) electrons. The molecule has 1 aliphatic heterocycles. The van der Waals surface area contributed by atoms with Gasteiger partial charge >= 0.3 is 5.97 Å². The molecule has 0 unspecified atom stereocenters. The summed E-state index contributed by atoms with van der Waals surface area (Å²) in [5, 5.41) is 9.93. The van der Waals surface area contributed by atoms with Crippen LogP contribution in [0.4, 0.5) is 10.2 Å². The van der Waals surface area contributed by atoms with E-state index in [0.29, 0.717) is 33.4 Å². The number of carbonyl (C=O) groups is 1. The van der Waals surface area contributed by atoms with Crippen molar-refractivity contribution in [2.75, 3.05) is 0 Å². The van der Waals surface area contributed by atoms with Crippen molar-refractivity contribution in [2.24, 2.45) is 9.98 Å². The SMILES string of the molecule is C/C=C\C(=C/C=Nc1ccc2c(n1)-c1ccc(Cl)cc1C(c1c(F)cccc1Cl)=NC2)C(=O)O. The van der Waals surface area contributed by atoms with Gasteiger partial charge in [0.2, 0.25) is 0 Å². The van der Waals surface area contributed by atoms with E-state index in [0.717, 1.165) is 5.56 Å². The van der Waals surface area contributed by atoms with Gasteiger partial charge in [-0.2, -0.15) is 0 Å². The molecule has 170 valence electrons. The normalized spacial score (nSPS) is 13.5. The van der Waals surface area contributed by atoms with Crippen LogP contribution in [-0.4, -0.2) is 28.0 Å². The molecule has 0 atom stereocenters. The molecular formula is C26H18Cl2FN3O2. The Balaban J connectivity index is 1.82. The number of benzene rings is 2. The summed E-state index contributed by atoms with van der Waals surface area (Å²) in [4.78, 5) is 24.9. The third kappa shape index (κ3) is 4.83. The van der Waals surface area contributed by atoms with E-state index in [1.165, 1.54) is 24.4 Å². The van der Waals surface area contributed by atoms with Gasteiger partial charge in [-0.1, -0.05) is 53.6 Å². The first-order valence-corrected chi connectivity index (χ1v) is 11.0. The number of hydrogen-bond donors (Lipinski definition) is 1. The van der Waals surface area contributed by atoms with E-state index in [1.54, 1.807) is 49.4 Å². The van der Waals surface area contributed by atoms with Crippen molar-refractivity contribution < 1.29 is 14.3 Å². The highest BCUT2D eigenvalue weighted by Gasteiger charge is 2.24. The van der Waals surface area contributed by atoms with Crippen molar-refractivity contribution >= 4 is 46.9 Å². The van der Waals surface area contributed by atoms with Crippen molar-refractivity contribution in [3.63, 3.8) is 0 Å². The summed E-state index contributed by atoms with van der Waals surface area (Å²) in [7, 11) is 0. The van der Waals surface area contributed by atoms with Crippen molar-refractivity contribution in [2.45, 2.75) is 13.5 Å². The van der Waals surface area contributed by atoms with E-state index >= 15 is 0 Å². The van der Waals surface area contributed by atoms with Gasteiger partial charge in [-0.25, -0.2) is 19.2 Å². The Morgan fingerprint density at radius 3 is 2.71 bits per heavy atom. The third-order valence-electron chi connectivity index (χ3n) is 5.12. The third-order valence-corrected chi connectivity index (χ3v) is 5.67. The Hall–Kier alpha value is -3.61. The van der Waals surface area contributed by atoms with Crippen LogP contribution in [0.2, 0.25) is 10.0 Å². The van der Waals surface area contributed by atoms with Crippen LogP contribution in [0.5, 0.6) is 0 Å². The Morgan fingerprint density at radius 1 is 1.15 bits per heavy atom. The van der Waals surface area contributed by atoms with Gasteiger partial charge in [-0.3, -0.25) is 4.99 Å². The highest BCUT2D eigenvalue weighted by atomic mass is 35.5. The molecule has 0 fully saturated rings. The average molecular weight is 494 g/mol. The lowest BCUT2D eigenvalue weighted by molar-refractivity contribution is -0.132. The zero-order valence-electron chi connectivity index (χ0n) is 18.0. The average Bonchev–Trinajstić information content (AvgIpc) is 2.95. The van der Waals surface area contributed by atoms with E-state index in [1.807, 2.05) is 6.07 Å². The molecule has 34 heavy (non-hydrogen) atoms. The van der Waals surface area contributed by atoms with Gasteiger partial charge in [-0.05, 0) is 43.3 Å². The maximum absolute atomic E-state index is 14.8. The van der Waals surface area contributed by atoms with Gasteiger partial charge in [0.25, 0.3) is 0 Å². The predicted molar refractivity (Wildman–Crippen MR) is 134 cm³/mol. The lowest BCUT2D eigenvalue weighted by Crippen LogP contribution is -2.08. The number of carboxylic acid groups (broad SMARTS) is 1. The highest BCUT2D eigenvalue weighted by Crippen LogP contribution is 2.36. The molecule has 0 saturated heterocycles. The second-order valence-corrected chi connectivity index (χ2v) is 8.18. The van der Waals surface area contributed by atoms with Crippen LogP contribution >= 0.6 is 23.2 Å². The maximum Gasteiger partial charge on any atom is 0.335 e. The molecule has 0 aliphatic carbocycles. The van der Waals surface area contributed by atoms with Crippen LogP contribution in [0.1, 0.15) is 23.6 Å². The highest BCUT2D eigenvalue weighted by molar-refractivity contribution is 6.36. The van der Waals surface area contributed by atoms with Gasteiger partial charge in [0.05, 0.1) is 34.1 Å². The van der Waals surface area contributed by atoms with Gasteiger partial charge < -0.3 is 5.11 Å². The van der Waals surface area contributed by atoms with E-state index in [9.17, 15) is 14.3 Å². The number of rotatable bonds is 5. The van der Waals surface area contributed by atoms with Crippen LogP contribution in [0.3, 0.4) is 0 Å². The molecule has 2 heterocycles. The number of aliphatic carboxylic acids is 1. The number of pyridine rings is 1. The fourth-order valence-corrected chi connectivity index (χ4v) is 4.01. The number of fused-ring (bicyclic) bond motifs is 3. The van der Waals surface area contributed by atoms with Crippen molar-refractivity contribution in [3.05, 3.63) is 105 Å². The van der Waals surface area contributed by atoms with E-state index in [-0.39, 0.29) is 22.7 Å². The van der Waals surface area contributed by atoms with Crippen LogP contribution in [0.25, 0.3) is 11.3 Å². The number of allylic oxidation sites excluding steroid dienone is 2. The quantitative estimate of drug-likeness (QED) is 0.240. The number of halogens is 3. The summed E-state index contributed by atoms with van der Waals surface area (Å²) in [6, 6.07) is 13.3. The predicted octanol–water partition coefficient (Wildman–Crippen LogP) is 6.83. The first-order valence-electron chi connectivity index (χ1n) is 10.3. The molecule has 1 aliphatic rings. The molecule has 1 N–H and O–H groups in total. The molecular weight excluding hydrogens is 476 g/mol. The van der Waals surface area contributed by atoms with Gasteiger partial charge in [0, 0.05) is 27.9 Å². The molecule has 0 saturated carbocycles. The Bertz CT molecular complexity index is 1390. The summed E-state index contributed by atoms with van der Waals surface area (Å²) in [5.41, 5.74) is 3.46. The summed E-state index contributed by atoms with van der Waals surface area (Å²) in [6.45, 7) is 1.99. The molecule has 4 rings (SSSR count). The van der Waals surface area contributed by atoms with Crippen LogP contribution in [0.15, 0.2) is 82.3 Å². The minimum atomic E-state index is -1.05. The number of carboxylic acids is 1. The molecule has 8 heteroatoms. The maximum atomic E-state index is 14.8. The number of aliphatic imine (C=N–C) groups is 2. The Labute approximate surface area is 205 Å². The summed E-state index contributed by atoms with van der Waals surface area (Å²) in [6.07, 6.45) is 5.89. The number of hydrogen-bond acceptors (Lipinski definition) is 4. The van der Waals surface area contributed by atoms with Crippen molar-refractivity contribution in [1.29, 1.82) is 0 Å². The summed E-state index contributed by atoms with van der Waals surface area (Å²) >= 11 is 12.6. The molecule has 0 spiro atoms. The summed E-state index contributed by atoms with van der Waals surface area (Å²) < 4.78 is 14.8. The molecule has 3 aromatic rings. The Kier molecular flexibility index (Phi) is 7.01. The minimum absolute atomic E-state index is 0.0980. The summed E-state index contributed by atoms with van der Waals surface area (Å²) in [5.74, 6) is -1.15. The number of nitrogens with zero attached hydrogens (tertiary/aromatic N) is 3. The largest absolute Gasteiger partial charge is 0.478 e. The fraction of sp³-hybridized carbons (Fsp3) is 0.0769. The minimum Gasteiger partial charge on any atom is -0.478 e. The van der Waals surface area contributed by atoms with Crippen molar-refractivity contribution in [1.82, 2.24) is 4.98 Å². The topological polar surface area (TPSA) is 74.9 Å². The van der Waals surface area contributed by atoms with Crippen LogP contribution in [0, 0.1) is 5.82 Å². The van der Waals surface area contributed by atoms with Gasteiger partial charge in [0.15, 0.2) is 5.82 Å².